The van der Waals surface area contributed by atoms with Crippen LogP contribution >= 0.6 is 23.7 Å². The average Bonchev–Trinajstić information content (AvgIpc) is 3.05. The number of carbonyl (C=O) groups is 1. The minimum atomic E-state index is 0. The number of nitrogens with zero attached hydrogens (tertiary/aromatic N) is 2. The summed E-state index contributed by atoms with van der Waals surface area (Å²) in [5, 5.41) is 0.847. The van der Waals surface area contributed by atoms with E-state index in [1.54, 1.807) is 13.3 Å². The minimum absolute atomic E-state index is 0. The molecule has 1 fully saturated rings. The number of thiazole rings is 1. The van der Waals surface area contributed by atoms with Crippen LogP contribution in [0.1, 0.15) is 22.5 Å². The van der Waals surface area contributed by atoms with Gasteiger partial charge in [0, 0.05) is 24.7 Å². The number of aromatic nitrogens is 1. The summed E-state index contributed by atoms with van der Waals surface area (Å²) < 4.78 is 5.15. The molecule has 1 aliphatic heterocycles. The van der Waals surface area contributed by atoms with Crippen LogP contribution < -0.4 is 10.5 Å². The van der Waals surface area contributed by atoms with Crippen molar-refractivity contribution in [1.29, 1.82) is 0 Å². The molecule has 0 aliphatic carbocycles. The molecule has 0 saturated carbocycles. The molecule has 1 aliphatic rings. The number of likely N-dealkylation sites (tertiary alicyclic amines) is 1. The molecular formula is C16H20ClN3O2S. The summed E-state index contributed by atoms with van der Waals surface area (Å²) in [4.78, 5) is 19.4. The summed E-state index contributed by atoms with van der Waals surface area (Å²) in [6.45, 7) is 1.46. The number of carbonyl (C=O) groups excluding carboxylic acids is 1. The number of halogens is 1. The van der Waals surface area contributed by atoms with E-state index in [0.29, 0.717) is 4.88 Å². The van der Waals surface area contributed by atoms with Gasteiger partial charge < -0.3 is 15.4 Å². The molecule has 0 radical (unpaired) electrons. The van der Waals surface area contributed by atoms with Gasteiger partial charge in [0.25, 0.3) is 5.91 Å². The van der Waals surface area contributed by atoms with E-state index in [4.69, 9.17) is 10.5 Å². The first kappa shape index (κ1) is 17.7. The normalized spacial score (nSPS) is 15.1. The number of hydrogen-bond donors (Lipinski definition) is 1. The molecule has 5 nitrogen and oxygen atoms in total. The lowest BCUT2D eigenvalue weighted by Crippen LogP contribution is -2.42. The van der Waals surface area contributed by atoms with E-state index in [1.165, 1.54) is 11.3 Å². The van der Waals surface area contributed by atoms with Crippen LogP contribution in [0.2, 0.25) is 0 Å². The highest BCUT2D eigenvalue weighted by atomic mass is 35.5. The van der Waals surface area contributed by atoms with Crippen LogP contribution in [-0.4, -0.2) is 42.0 Å². The van der Waals surface area contributed by atoms with Crippen LogP contribution in [0.5, 0.6) is 5.75 Å². The van der Waals surface area contributed by atoms with Gasteiger partial charge in [0.1, 0.15) is 15.6 Å². The molecule has 0 bridgehead atoms. The molecule has 0 unspecified atom stereocenters. The van der Waals surface area contributed by atoms with Gasteiger partial charge >= 0.3 is 0 Å². The smallest absolute Gasteiger partial charge is 0.265 e. The van der Waals surface area contributed by atoms with Gasteiger partial charge in [-0.1, -0.05) is 0 Å². The lowest BCUT2D eigenvalue weighted by molar-refractivity contribution is 0.0719. The van der Waals surface area contributed by atoms with Crippen molar-refractivity contribution in [3.8, 4) is 16.3 Å². The van der Waals surface area contributed by atoms with E-state index in [1.807, 2.05) is 29.2 Å². The van der Waals surface area contributed by atoms with Crippen molar-refractivity contribution in [2.24, 2.45) is 5.73 Å². The van der Waals surface area contributed by atoms with Gasteiger partial charge in [0.2, 0.25) is 0 Å². The van der Waals surface area contributed by atoms with Crippen LogP contribution in [0.25, 0.3) is 10.6 Å². The summed E-state index contributed by atoms with van der Waals surface area (Å²) in [5.74, 6) is 0.866. The van der Waals surface area contributed by atoms with Crippen molar-refractivity contribution in [2.45, 2.75) is 18.9 Å². The molecular weight excluding hydrogens is 334 g/mol. The summed E-state index contributed by atoms with van der Waals surface area (Å²) >= 11 is 1.43. The molecule has 1 amide bonds. The van der Waals surface area contributed by atoms with Gasteiger partial charge in [-0.2, -0.15) is 0 Å². The molecule has 2 aromatic rings. The molecule has 0 atom stereocenters. The Labute approximate surface area is 145 Å². The van der Waals surface area contributed by atoms with Gasteiger partial charge in [-0.25, -0.2) is 4.98 Å². The SMILES string of the molecule is COc1ccc(-c2ncc(C(=O)N3CCC(N)CC3)s2)cc1.Cl. The standard InChI is InChI=1S/C16H19N3O2S.ClH/c1-21-13-4-2-11(3-5-13)15-18-10-14(22-15)16(20)19-8-6-12(17)7-9-19;/h2-5,10,12H,6-9,17H2,1H3;1H. The maximum Gasteiger partial charge on any atom is 0.265 e. The molecule has 124 valence electrons. The third-order valence-corrected chi connectivity index (χ3v) is 4.91. The second kappa shape index (κ2) is 7.77. The first-order chi connectivity index (χ1) is 10.7. The van der Waals surface area contributed by atoms with Gasteiger partial charge in [-0.05, 0) is 37.1 Å². The lowest BCUT2D eigenvalue weighted by atomic mass is 10.1. The second-order valence-corrected chi connectivity index (χ2v) is 6.42. The van der Waals surface area contributed by atoms with Crippen molar-refractivity contribution in [2.75, 3.05) is 20.2 Å². The molecule has 7 heteroatoms. The fourth-order valence-corrected chi connectivity index (χ4v) is 3.39. The number of methoxy groups -OCH3 is 1. The maximum absolute atomic E-state index is 12.5. The predicted molar refractivity (Wildman–Crippen MR) is 94.5 cm³/mol. The molecule has 1 saturated heterocycles. The largest absolute Gasteiger partial charge is 0.497 e. The molecule has 0 spiro atoms. The Morgan fingerprint density at radius 2 is 1.96 bits per heavy atom. The third kappa shape index (κ3) is 4.02. The Bertz CT molecular complexity index is 652. The van der Waals surface area contributed by atoms with Gasteiger partial charge in [-0.15, -0.1) is 23.7 Å². The molecule has 23 heavy (non-hydrogen) atoms. The second-order valence-electron chi connectivity index (χ2n) is 5.39. The van der Waals surface area contributed by atoms with E-state index < -0.39 is 0 Å². The van der Waals surface area contributed by atoms with Crippen LogP contribution in [0.4, 0.5) is 0 Å². The summed E-state index contributed by atoms with van der Waals surface area (Å²) in [5.41, 5.74) is 6.87. The Balaban J connectivity index is 0.00000192. The first-order valence-electron chi connectivity index (χ1n) is 7.32. The zero-order valence-corrected chi connectivity index (χ0v) is 14.5. The van der Waals surface area contributed by atoms with Crippen molar-refractivity contribution in [3.05, 3.63) is 35.3 Å². The topological polar surface area (TPSA) is 68.5 Å². The maximum atomic E-state index is 12.5. The Morgan fingerprint density at radius 3 is 2.57 bits per heavy atom. The van der Waals surface area contributed by atoms with Crippen molar-refractivity contribution >= 4 is 29.7 Å². The van der Waals surface area contributed by atoms with E-state index >= 15 is 0 Å². The lowest BCUT2D eigenvalue weighted by Gasteiger charge is -2.29. The Kier molecular flexibility index (Phi) is 5.98. The van der Waals surface area contributed by atoms with Crippen molar-refractivity contribution in [1.82, 2.24) is 9.88 Å². The number of ether oxygens (including phenoxy) is 1. The quantitative estimate of drug-likeness (QED) is 0.921. The fourth-order valence-electron chi connectivity index (χ4n) is 2.50. The average molecular weight is 354 g/mol. The van der Waals surface area contributed by atoms with Gasteiger partial charge in [0.05, 0.1) is 13.3 Å². The number of piperidine rings is 1. The molecule has 3 rings (SSSR count). The van der Waals surface area contributed by atoms with Gasteiger partial charge in [0.15, 0.2) is 0 Å². The predicted octanol–water partition coefficient (Wildman–Crippen LogP) is 2.80. The number of amides is 1. The molecule has 1 aromatic carbocycles. The van der Waals surface area contributed by atoms with Crippen LogP contribution in [0, 0.1) is 0 Å². The van der Waals surface area contributed by atoms with E-state index in [9.17, 15) is 4.79 Å². The molecule has 2 N–H and O–H groups in total. The van der Waals surface area contributed by atoms with Crippen molar-refractivity contribution < 1.29 is 9.53 Å². The van der Waals surface area contributed by atoms with Gasteiger partial charge in [-0.3, -0.25) is 4.79 Å². The van der Waals surface area contributed by atoms with Crippen molar-refractivity contribution in [3.63, 3.8) is 0 Å². The van der Waals surface area contributed by atoms with Crippen LogP contribution in [0.3, 0.4) is 0 Å². The van der Waals surface area contributed by atoms with E-state index in [-0.39, 0.29) is 24.4 Å². The number of nitrogens with two attached hydrogens (primary N) is 1. The molecule has 2 heterocycles. The zero-order valence-electron chi connectivity index (χ0n) is 12.9. The minimum Gasteiger partial charge on any atom is -0.497 e. The third-order valence-electron chi connectivity index (χ3n) is 3.88. The Hall–Kier alpha value is -1.63. The number of benzene rings is 1. The van der Waals surface area contributed by atoms with Crippen LogP contribution in [-0.2, 0) is 0 Å². The van der Waals surface area contributed by atoms with E-state index in [0.717, 1.165) is 42.3 Å². The Morgan fingerprint density at radius 1 is 1.30 bits per heavy atom. The highest BCUT2D eigenvalue weighted by molar-refractivity contribution is 7.16. The fraction of sp³-hybridized carbons (Fsp3) is 0.375. The summed E-state index contributed by atoms with van der Waals surface area (Å²) in [7, 11) is 1.64. The summed E-state index contributed by atoms with van der Waals surface area (Å²) in [6.07, 6.45) is 3.41. The monoisotopic (exact) mass is 353 g/mol. The molecule has 1 aromatic heterocycles. The highest BCUT2D eigenvalue weighted by Gasteiger charge is 2.23. The summed E-state index contributed by atoms with van der Waals surface area (Å²) in [6, 6.07) is 7.91. The highest BCUT2D eigenvalue weighted by Crippen LogP contribution is 2.28. The van der Waals surface area contributed by atoms with E-state index in [2.05, 4.69) is 4.98 Å². The number of rotatable bonds is 3. The van der Waals surface area contributed by atoms with Crippen LogP contribution in [0.15, 0.2) is 30.5 Å². The zero-order chi connectivity index (χ0) is 15.5. The first-order valence-corrected chi connectivity index (χ1v) is 8.14. The number of hydrogen-bond acceptors (Lipinski definition) is 5.